The predicted octanol–water partition coefficient (Wildman–Crippen LogP) is 0.946. The smallest absolute Gasteiger partial charge is 0.265 e. The Bertz CT molecular complexity index is 748. The van der Waals surface area contributed by atoms with Gasteiger partial charge in [0, 0.05) is 5.39 Å². The molecule has 0 saturated carbocycles. The normalized spacial score (nSPS) is 11.1. The molecule has 78 valence electrons. The minimum absolute atomic E-state index is 0.295. The average Bonchev–Trinajstić information content (AvgIpc) is 2.31. The maximum Gasteiger partial charge on any atom is 0.294 e. The van der Waals surface area contributed by atoms with Crippen LogP contribution in [0.2, 0.25) is 0 Å². The third kappa shape index (κ3) is 1.18. The van der Waals surface area contributed by atoms with Crippen LogP contribution in [0.25, 0.3) is 16.6 Å². The van der Waals surface area contributed by atoms with Gasteiger partial charge in [0.05, 0.1) is 5.52 Å². The number of fused-ring (bicyclic) bond motifs is 3. The van der Waals surface area contributed by atoms with E-state index in [2.05, 4.69) is 15.1 Å². The highest BCUT2D eigenvalue weighted by atomic mass is 16.1. The Morgan fingerprint density at radius 3 is 2.94 bits per heavy atom. The summed E-state index contributed by atoms with van der Waals surface area (Å²) in [5.74, 6) is 0. The molecule has 1 aromatic carbocycles. The van der Waals surface area contributed by atoms with Crippen molar-refractivity contribution in [3.63, 3.8) is 0 Å². The third-order valence-corrected chi connectivity index (χ3v) is 2.44. The van der Waals surface area contributed by atoms with Gasteiger partial charge in [-0.1, -0.05) is 12.1 Å². The van der Waals surface area contributed by atoms with Crippen molar-refractivity contribution >= 4 is 16.6 Å². The van der Waals surface area contributed by atoms with Crippen molar-refractivity contribution in [3.8, 4) is 0 Å². The van der Waals surface area contributed by atoms with Gasteiger partial charge in [-0.05, 0) is 19.1 Å². The van der Waals surface area contributed by atoms with E-state index >= 15 is 0 Å². The van der Waals surface area contributed by atoms with E-state index in [1.807, 2.05) is 24.3 Å². The zero-order valence-electron chi connectivity index (χ0n) is 8.58. The van der Waals surface area contributed by atoms with Crippen LogP contribution in [-0.2, 0) is 0 Å². The van der Waals surface area contributed by atoms with Crippen molar-refractivity contribution in [1.82, 2.24) is 19.6 Å². The van der Waals surface area contributed by atoms with Gasteiger partial charge in [-0.2, -0.15) is 10.1 Å². The molecule has 0 N–H and O–H groups in total. The number of nitrogens with zero attached hydrogens (tertiary/aromatic N) is 4. The standard InChI is InChI=1S/C11H8N4O/c1-7-11(16)13-10-8-4-2-3-5-9(8)12-6-15(10)14-7/h2-6H,1H3. The first kappa shape index (κ1) is 8.96. The van der Waals surface area contributed by atoms with E-state index in [0.29, 0.717) is 11.3 Å². The van der Waals surface area contributed by atoms with Gasteiger partial charge < -0.3 is 0 Å². The maximum absolute atomic E-state index is 11.5. The summed E-state index contributed by atoms with van der Waals surface area (Å²) >= 11 is 0. The molecule has 0 aliphatic heterocycles. The summed E-state index contributed by atoms with van der Waals surface area (Å²) < 4.78 is 1.53. The molecule has 0 fully saturated rings. The fourth-order valence-corrected chi connectivity index (χ4v) is 1.64. The van der Waals surface area contributed by atoms with E-state index in [0.717, 1.165) is 10.9 Å². The molecule has 0 amide bonds. The lowest BCUT2D eigenvalue weighted by molar-refractivity contribution is 0.832. The Balaban J connectivity index is 2.60. The molecule has 2 heterocycles. The molecule has 0 bridgehead atoms. The van der Waals surface area contributed by atoms with Crippen LogP contribution in [0.3, 0.4) is 0 Å². The summed E-state index contributed by atoms with van der Waals surface area (Å²) in [6.45, 7) is 1.64. The number of rotatable bonds is 0. The van der Waals surface area contributed by atoms with Gasteiger partial charge in [0.15, 0.2) is 5.65 Å². The second-order valence-corrected chi connectivity index (χ2v) is 3.53. The van der Waals surface area contributed by atoms with Crippen LogP contribution in [0.1, 0.15) is 5.69 Å². The van der Waals surface area contributed by atoms with Crippen LogP contribution >= 0.6 is 0 Å². The lowest BCUT2D eigenvalue weighted by Gasteiger charge is -2.02. The van der Waals surface area contributed by atoms with E-state index in [-0.39, 0.29) is 5.56 Å². The highest BCUT2D eigenvalue weighted by Crippen LogP contribution is 2.13. The van der Waals surface area contributed by atoms with Crippen molar-refractivity contribution in [3.05, 3.63) is 46.6 Å². The van der Waals surface area contributed by atoms with E-state index in [1.165, 1.54) is 4.52 Å². The topological polar surface area (TPSA) is 60.1 Å². The van der Waals surface area contributed by atoms with Gasteiger partial charge in [-0.3, -0.25) is 4.79 Å². The zero-order chi connectivity index (χ0) is 11.1. The molecule has 16 heavy (non-hydrogen) atoms. The first-order valence-electron chi connectivity index (χ1n) is 4.87. The summed E-state index contributed by atoms with van der Waals surface area (Å²) in [6.07, 6.45) is 1.57. The van der Waals surface area contributed by atoms with Crippen molar-refractivity contribution in [2.75, 3.05) is 0 Å². The van der Waals surface area contributed by atoms with Crippen LogP contribution < -0.4 is 5.56 Å². The summed E-state index contributed by atoms with van der Waals surface area (Å²) in [4.78, 5) is 19.7. The molecule has 0 aliphatic rings. The summed E-state index contributed by atoms with van der Waals surface area (Å²) in [5.41, 5.74) is 1.42. The Kier molecular flexibility index (Phi) is 1.73. The summed E-state index contributed by atoms with van der Waals surface area (Å²) in [7, 11) is 0. The van der Waals surface area contributed by atoms with E-state index < -0.39 is 0 Å². The molecular weight excluding hydrogens is 204 g/mol. The lowest BCUT2D eigenvalue weighted by Crippen LogP contribution is -2.16. The number of aryl methyl sites for hydroxylation is 1. The van der Waals surface area contributed by atoms with Crippen molar-refractivity contribution in [1.29, 1.82) is 0 Å². The molecule has 2 aromatic heterocycles. The second kappa shape index (κ2) is 3.10. The Morgan fingerprint density at radius 2 is 2.06 bits per heavy atom. The van der Waals surface area contributed by atoms with Gasteiger partial charge in [-0.25, -0.2) is 9.50 Å². The van der Waals surface area contributed by atoms with Gasteiger partial charge in [0.1, 0.15) is 12.0 Å². The fraction of sp³-hybridized carbons (Fsp3) is 0.0909. The largest absolute Gasteiger partial charge is 0.294 e. The molecule has 0 spiro atoms. The minimum Gasteiger partial charge on any atom is -0.265 e. The number of benzene rings is 1. The molecule has 0 radical (unpaired) electrons. The van der Waals surface area contributed by atoms with E-state index in [4.69, 9.17) is 0 Å². The van der Waals surface area contributed by atoms with Crippen LogP contribution in [0, 0.1) is 6.92 Å². The summed E-state index contributed by atoms with van der Waals surface area (Å²) in [5, 5.41) is 4.93. The van der Waals surface area contributed by atoms with Gasteiger partial charge >= 0.3 is 0 Å². The predicted molar refractivity (Wildman–Crippen MR) is 59.3 cm³/mol. The molecule has 0 unspecified atom stereocenters. The van der Waals surface area contributed by atoms with Crippen molar-refractivity contribution in [2.24, 2.45) is 0 Å². The number of hydrogen-bond donors (Lipinski definition) is 0. The molecule has 0 atom stereocenters. The zero-order valence-corrected chi connectivity index (χ0v) is 8.58. The van der Waals surface area contributed by atoms with Gasteiger partial charge in [0.2, 0.25) is 0 Å². The van der Waals surface area contributed by atoms with Crippen LogP contribution in [-0.4, -0.2) is 19.6 Å². The Hall–Kier alpha value is -2.30. The first-order valence-corrected chi connectivity index (χ1v) is 4.87. The first-order chi connectivity index (χ1) is 7.75. The molecule has 3 rings (SSSR count). The molecule has 5 nitrogen and oxygen atoms in total. The Morgan fingerprint density at radius 1 is 1.25 bits per heavy atom. The Labute approximate surface area is 90.4 Å². The quantitative estimate of drug-likeness (QED) is 0.520. The third-order valence-electron chi connectivity index (χ3n) is 2.44. The van der Waals surface area contributed by atoms with Crippen LogP contribution in [0.15, 0.2) is 35.4 Å². The fourth-order valence-electron chi connectivity index (χ4n) is 1.64. The number of hydrogen-bond acceptors (Lipinski definition) is 4. The molecule has 5 heteroatoms. The molecule has 0 aliphatic carbocycles. The monoisotopic (exact) mass is 212 g/mol. The van der Waals surface area contributed by atoms with E-state index in [1.54, 1.807) is 13.3 Å². The van der Waals surface area contributed by atoms with Gasteiger partial charge in [-0.15, -0.1) is 0 Å². The minimum atomic E-state index is -0.295. The van der Waals surface area contributed by atoms with Crippen LogP contribution in [0.5, 0.6) is 0 Å². The molecular formula is C11H8N4O. The molecule has 3 aromatic rings. The number of para-hydroxylation sites is 1. The lowest BCUT2D eigenvalue weighted by atomic mass is 10.2. The SMILES string of the molecule is Cc1nn2cnc3ccccc3c2nc1=O. The van der Waals surface area contributed by atoms with E-state index in [9.17, 15) is 4.79 Å². The molecule has 0 saturated heterocycles. The highest BCUT2D eigenvalue weighted by Gasteiger charge is 2.05. The maximum atomic E-state index is 11.5. The average molecular weight is 212 g/mol. The highest BCUT2D eigenvalue weighted by molar-refractivity contribution is 5.90. The summed E-state index contributed by atoms with van der Waals surface area (Å²) in [6, 6.07) is 7.53. The van der Waals surface area contributed by atoms with Crippen molar-refractivity contribution < 1.29 is 0 Å². The number of aromatic nitrogens is 4. The second-order valence-electron chi connectivity index (χ2n) is 3.53. The van der Waals surface area contributed by atoms with Crippen molar-refractivity contribution in [2.45, 2.75) is 6.92 Å². The van der Waals surface area contributed by atoms with Crippen LogP contribution in [0.4, 0.5) is 0 Å². The van der Waals surface area contributed by atoms with Gasteiger partial charge in [0.25, 0.3) is 5.56 Å².